The predicted molar refractivity (Wildman–Crippen MR) is 124 cm³/mol. The van der Waals surface area contributed by atoms with Crippen LogP contribution in [0, 0.1) is 0 Å². The molecule has 0 spiro atoms. The molecule has 3 aromatic rings. The van der Waals surface area contributed by atoms with Crippen molar-refractivity contribution in [1.82, 2.24) is 0 Å². The van der Waals surface area contributed by atoms with Gasteiger partial charge in [0.1, 0.15) is 0 Å². The number of para-hydroxylation sites is 1. The summed E-state index contributed by atoms with van der Waals surface area (Å²) in [5.41, 5.74) is 2.72. The van der Waals surface area contributed by atoms with E-state index in [1.54, 1.807) is 71.8 Å². The quantitative estimate of drug-likeness (QED) is 0.507. The third kappa shape index (κ3) is 4.24. The molecule has 4 rings (SSSR count). The molecule has 0 atom stereocenters. The van der Waals surface area contributed by atoms with Gasteiger partial charge in [-0.1, -0.05) is 48.5 Å². The van der Waals surface area contributed by atoms with Gasteiger partial charge in [0.05, 0.1) is 22.4 Å². The van der Waals surface area contributed by atoms with Crippen molar-refractivity contribution in [2.75, 3.05) is 11.4 Å². The second kappa shape index (κ2) is 8.84. The lowest BCUT2D eigenvalue weighted by molar-refractivity contribution is 0.0685. The molecule has 1 aliphatic rings. The third-order valence-corrected chi connectivity index (χ3v) is 5.38. The number of carboxylic acids is 3. The molecule has 0 aromatic heterocycles. The summed E-state index contributed by atoms with van der Waals surface area (Å²) in [6.45, 7) is 0.202. The Hall–Kier alpha value is -4.65. The molecule has 0 bridgehead atoms. The lowest BCUT2D eigenvalue weighted by Gasteiger charge is -2.29. The minimum Gasteiger partial charge on any atom is -0.478 e. The van der Waals surface area contributed by atoms with Crippen LogP contribution in [0.4, 0.5) is 5.69 Å². The van der Waals surface area contributed by atoms with Crippen molar-refractivity contribution < 1.29 is 29.7 Å². The van der Waals surface area contributed by atoms with E-state index in [-0.39, 0.29) is 23.2 Å². The smallest absolute Gasteiger partial charge is 0.337 e. The van der Waals surface area contributed by atoms with Gasteiger partial charge in [0.15, 0.2) is 0 Å². The zero-order valence-corrected chi connectivity index (χ0v) is 17.3. The second-order valence-corrected chi connectivity index (χ2v) is 7.41. The number of carbonyl (C=O) groups is 3. The highest BCUT2D eigenvalue weighted by Crippen LogP contribution is 2.35. The maximum atomic E-state index is 11.8. The summed E-state index contributed by atoms with van der Waals surface area (Å²) < 4.78 is 0. The number of carboxylic acid groups (broad SMARTS) is 3. The summed E-state index contributed by atoms with van der Waals surface area (Å²) in [6, 6.07) is 19.5. The molecule has 3 aromatic carbocycles. The van der Waals surface area contributed by atoms with Gasteiger partial charge in [-0.05, 0) is 52.6 Å². The first kappa shape index (κ1) is 21.6. The summed E-state index contributed by atoms with van der Waals surface area (Å²) >= 11 is 0. The number of anilines is 1. The Morgan fingerprint density at radius 3 is 1.73 bits per heavy atom. The zero-order valence-electron chi connectivity index (χ0n) is 17.3. The van der Waals surface area contributed by atoms with Gasteiger partial charge < -0.3 is 20.2 Å². The predicted octanol–water partition coefficient (Wildman–Crippen LogP) is 4.73. The van der Waals surface area contributed by atoms with Crippen LogP contribution in [0.15, 0.2) is 85.1 Å². The summed E-state index contributed by atoms with van der Waals surface area (Å²) in [6.07, 6.45) is 3.44. The maximum absolute atomic E-state index is 11.8. The monoisotopic (exact) mass is 441 g/mol. The molecule has 0 amide bonds. The topological polar surface area (TPSA) is 115 Å². The van der Waals surface area contributed by atoms with Gasteiger partial charge in [-0.15, -0.1) is 0 Å². The highest BCUT2D eigenvalue weighted by Gasteiger charge is 2.24. The Kier molecular flexibility index (Phi) is 5.78. The van der Waals surface area contributed by atoms with Gasteiger partial charge in [-0.3, -0.25) is 0 Å². The van der Waals surface area contributed by atoms with E-state index in [1.807, 2.05) is 0 Å². The largest absolute Gasteiger partial charge is 0.478 e. The summed E-state index contributed by atoms with van der Waals surface area (Å²) in [5, 5.41) is 29.0. The molecule has 1 heterocycles. The normalized spacial score (nSPS) is 13.2. The van der Waals surface area contributed by atoms with Crippen LogP contribution in [0.2, 0.25) is 0 Å². The van der Waals surface area contributed by atoms with Crippen molar-refractivity contribution >= 4 is 34.7 Å². The molecule has 3 N–H and O–H groups in total. The van der Waals surface area contributed by atoms with Crippen molar-refractivity contribution in [1.29, 1.82) is 0 Å². The number of hydrogen-bond acceptors (Lipinski definition) is 4. The van der Waals surface area contributed by atoms with Gasteiger partial charge >= 0.3 is 17.9 Å². The molecule has 0 saturated carbocycles. The van der Waals surface area contributed by atoms with E-state index in [1.165, 1.54) is 18.2 Å². The molecule has 7 nitrogen and oxygen atoms in total. The Morgan fingerprint density at radius 1 is 0.636 bits per heavy atom. The molecule has 7 heteroatoms. The molecule has 0 unspecified atom stereocenters. The molecule has 33 heavy (non-hydrogen) atoms. The van der Waals surface area contributed by atoms with Gasteiger partial charge in [0.2, 0.25) is 0 Å². The van der Waals surface area contributed by atoms with Crippen LogP contribution in [0.1, 0.15) is 42.2 Å². The van der Waals surface area contributed by atoms with Crippen LogP contribution in [0.25, 0.3) is 11.1 Å². The first-order valence-electron chi connectivity index (χ1n) is 10.0. The second-order valence-electron chi connectivity index (χ2n) is 7.41. The number of benzene rings is 3. The summed E-state index contributed by atoms with van der Waals surface area (Å²) in [5.74, 6) is -3.30. The highest BCUT2D eigenvalue weighted by molar-refractivity contribution is 6.02. The molecule has 1 aliphatic heterocycles. The van der Waals surface area contributed by atoms with Crippen molar-refractivity contribution in [3.8, 4) is 0 Å². The molecular formula is C26H19NO6. The summed E-state index contributed by atoms with van der Waals surface area (Å²) in [4.78, 5) is 37.2. The van der Waals surface area contributed by atoms with E-state index in [2.05, 4.69) is 0 Å². The standard InChI is InChI=1S/C26H19NO6/c28-24(29)20-9-3-1-7-18(20)16-13-17(19-8-2-4-10-21(19)25(30)31)15-27(14-16)23-12-6-5-11-22(23)26(32)33/h1-14H,15H2,(H,28,29)(H,30,31)(H,32,33). The van der Waals surface area contributed by atoms with Crippen molar-refractivity contribution in [2.45, 2.75) is 0 Å². The molecule has 0 saturated heterocycles. The van der Waals surface area contributed by atoms with Crippen LogP contribution in [-0.4, -0.2) is 39.8 Å². The van der Waals surface area contributed by atoms with Crippen LogP contribution in [0.5, 0.6) is 0 Å². The Morgan fingerprint density at radius 2 is 1.12 bits per heavy atom. The van der Waals surface area contributed by atoms with E-state index >= 15 is 0 Å². The lowest BCUT2D eigenvalue weighted by Crippen LogP contribution is -2.25. The first-order chi connectivity index (χ1) is 15.9. The fraction of sp³-hybridized carbons (Fsp3) is 0.0385. The Bertz CT molecular complexity index is 1340. The van der Waals surface area contributed by atoms with Crippen LogP contribution in [-0.2, 0) is 0 Å². The Balaban J connectivity index is 1.94. The number of aromatic carboxylic acids is 3. The molecule has 0 fully saturated rings. The number of rotatable bonds is 6. The first-order valence-corrected chi connectivity index (χ1v) is 10.0. The molecular weight excluding hydrogens is 422 g/mol. The van der Waals surface area contributed by atoms with Crippen molar-refractivity contribution in [3.63, 3.8) is 0 Å². The minimum atomic E-state index is -1.10. The van der Waals surface area contributed by atoms with Crippen molar-refractivity contribution in [3.05, 3.63) is 113 Å². The molecule has 0 radical (unpaired) electrons. The van der Waals surface area contributed by atoms with Gasteiger partial charge in [-0.2, -0.15) is 0 Å². The van der Waals surface area contributed by atoms with Gasteiger partial charge in [-0.25, -0.2) is 14.4 Å². The van der Waals surface area contributed by atoms with E-state index in [0.29, 0.717) is 28.0 Å². The Labute approximate surface area is 189 Å². The van der Waals surface area contributed by atoms with Crippen LogP contribution < -0.4 is 4.90 Å². The number of allylic oxidation sites excluding steroid dienone is 2. The minimum absolute atomic E-state index is 0.0763. The zero-order chi connectivity index (χ0) is 23.5. The molecule has 164 valence electrons. The van der Waals surface area contributed by atoms with Crippen molar-refractivity contribution in [2.24, 2.45) is 0 Å². The average molecular weight is 441 g/mol. The summed E-state index contributed by atoms with van der Waals surface area (Å²) in [7, 11) is 0. The van der Waals surface area contributed by atoms with Gasteiger partial charge in [0.25, 0.3) is 0 Å². The highest BCUT2D eigenvalue weighted by atomic mass is 16.4. The number of hydrogen-bond donors (Lipinski definition) is 3. The fourth-order valence-electron chi connectivity index (χ4n) is 3.91. The molecule has 0 aliphatic carbocycles. The SMILES string of the molecule is O=C(O)c1ccccc1C1=CN(c2ccccc2C(=O)O)CC(c2ccccc2C(=O)O)=C1. The third-order valence-electron chi connectivity index (χ3n) is 5.38. The van der Waals surface area contributed by atoms with Crippen LogP contribution in [0.3, 0.4) is 0 Å². The van der Waals surface area contributed by atoms with E-state index < -0.39 is 17.9 Å². The van der Waals surface area contributed by atoms with E-state index in [0.717, 1.165) is 0 Å². The van der Waals surface area contributed by atoms with E-state index in [9.17, 15) is 29.7 Å². The fourth-order valence-corrected chi connectivity index (χ4v) is 3.91. The maximum Gasteiger partial charge on any atom is 0.337 e. The average Bonchev–Trinajstić information content (AvgIpc) is 2.83. The lowest BCUT2D eigenvalue weighted by atomic mass is 9.91. The number of nitrogens with zero attached hydrogens (tertiary/aromatic N) is 1. The van der Waals surface area contributed by atoms with E-state index in [4.69, 9.17) is 0 Å². The van der Waals surface area contributed by atoms with Gasteiger partial charge in [0, 0.05) is 12.7 Å². The van der Waals surface area contributed by atoms with Crippen LogP contribution >= 0.6 is 0 Å².